The van der Waals surface area contributed by atoms with E-state index in [-0.39, 0.29) is 18.4 Å². The van der Waals surface area contributed by atoms with Gasteiger partial charge in [0, 0.05) is 52.0 Å². The maximum atomic E-state index is 12.2. The molecule has 0 spiro atoms. The van der Waals surface area contributed by atoms with Crippen molar-refractivity contribution in [1.29, 1.82) is 0 Å². The molecule has 2 aliphatic heterocycles. The predicted molar refractivity (Wildman–Crippen MR) is 77.2 cm³/mol. The first-order chi connectivity index (χ1) is 9.54. The Morgan fingerprint density at radius 2 is 1.95 bits per heavy atom. The van der Waals surface area contributed by atoms with Crippen LogP contribution in [0.2, 0.25) is 0 Å². The van der Waals surface area contributed by atoms with Crippen LogP contribution in [0.5, 0.6) is 0 Å². The SMILES string of the molecule is COCCS(=O)(=O)N1CCN(C2CCOCC2)C[C@H]1C. The van der Waals surface area contributed by atoms with Crippen LogP contribution in [0.25, 0.3) is 0 Å². The highest BCUT2D eigenvalue weighted by molar-refractivity contribution is 7.89. The fraction of sp³-hybridized carbons (Fsp3) is 1.00. The van der Waals surface area contributed by atoms with Crippen molar-refractivity contribution in [3.05, 3.63) is 0 Å². The normalized spacial score (nSPS) is 27.8. The second-order valence-electron chi connectivity index (χ2n) is 5.61. The van der Waals surface area contributed by atoms with Crippen LogP contribution in [-0.2, 0) is 19.5 Å². The molecule has 2 saturated heterocycles. The first-order valence-electron chi connectivity index (χ1n) is 7.35. The third kappa shape index (κ3) is 3.92. The van der Waals surface area contributed by atoms with Crippen molar-refractivity contribution in [3.8, 4) is 0 Å². The van der Waals surface area contributed by atoms with Gasteiger partial charge in [0.1, 0.15) is 0 Å². The zero-order valence-electron chi connectivity index (χ0n) is 12.5. The molecule has 2 fully saturated rings. The first kappa shape index (κ1) is 16.2. The minimum atomic E-state index is -3.19. The largest absolute Gasteiger partial charge is 0.384 e. The first-order valence-corrected chi connectivity index (χ1v) is 8.96. The van der Waals surface area contributed by atoms with Gasteiger partial charge in [-0.15, -0.1) is 0 Å². The highest BCUT2D eigenvalue weighted by Gasteiger charge is 2.34. The number of nitrogens with zero attached hydrogens (tertiary/aromatic N) is 2. The summed E-state index contributed by atoms with van der Waals surface area (Å²) in [5, 5.41) is 0. The Morgan fingerprint density at radius 3 is 2.55 bits per heavy atom. The number of ether oxygens (including phenoxy) is 2. The van der Waals surface area contributed by atoms with Crippen molar-refractivity contribution in [2.24, 2.45) is 0 Å². The zero-order chi connectivity index (χ0) is 14.6. The molecule has 0 radical (unpaired) electrons. The summed E-state index contributed by atoms with van der Waals surface area (Å²) in [5.41, 5.74) is 0. The summed E-state index contributed by atoms with van der Waals surface area (Å²) in [6, 6.07) is 0.587. The summed E-state index contributed by atoms with van der Waals surface area (Å²) in [6.07, 6.45) is 2.12. The molecule has 7 heteroatoms. The minimum Gasteiger partial charge on any atom is -0.384 e. The van der Waals surface area contributed by atoms with Crippen molar-refractivity contribution in [1.82, 2.24) is 9.21 Å². The van der Waals surface area contributed by atoms with Gasteiger partial charge in [0.15, 0.2) is 0 Å². The van der Waals surface area contributed by atoms with E-state index in [9.17, 15) is 8.42 Å². The van der Waals surface area contributed by atoms with Crippen molar-refractivity contribution in [3.63, 3.8) is 0 Å². The molecule has 0 unspecified atom stereocenters. The zero-order valence-corrected chi connectivity index (χ0v) is 13.3. The van der Waals surface area contributed by atoms with Gasteiger partial charge in [0.25, 0.3) is 0 Å². The number of piperazine rings is 1. The Balaban J connectivity index is 1.91. The summed E-state index contributed by atoms with van der Waals surface area (Å²) in [6.45, 7) is 6.13. The van der Waals surface area contributed by atoms with E-state index in [0.29, 0.717) is 12.6 Å². The van der Waals surface area contributed by atoms with Gasteiger partial charge in [-0.1, -0.05) is 0 Å². The second kappa shape index (κ2) is 7.17. The maximum absolute atomic E-state index is 12.2. The number of sulfonamides is 1. The van der Waals surface area contributed by atoms with Crippen molar-refractivity contribution < 1.29 is 17.9 Å². The van der Waals surface area contributed by atoms with Crippen LogP contribution in [0.4, 0.5) is 0 Å². The molecule has 6 nitrogen and oxygen atoms in total. The molecular weight excluding hydrogens is 280 g/mol. The molecule has 0 aliphatic carbocycles. The van der Waals surface area contributed by atoms with E-state index in [0.717, 1.165) is 39.1 Å². The molecule has 118 valence electrons. The van der Waals surface area contributed by atoms with Gasteiger partial charge in [-0.25, -0.2) is 8.42 Å². The van der Waals surface area contributed by atoms with Gasteiger partial charge in [-0.3, -0.25) is 4.90 Å². The Hall–Kier alpha value is -0.210. The van der Waals surface area contributed by atoms with E-state index >= 15 is 0 Å². The Kier molecular flexibility index (Phi) is 5.80. The topological polar surface area (TPSA) is 59.1 Å². The third-order valence-electron chi connectivity index (χ3n) is 4.21. The molecule has 2 heterocycles. The third-order valence-corrected chi connectivity index (χ3v) is 6.15. The Labute approximate surface area is 122 Å². The molecule has 0 saturated carbocycles. The molecular formula is C13H26N2O4S. The van der Waals surface area contributed by atoms with Crippen molar-refractivity contribution in [2.45, 2.75) is 31.8 Å². The van der Waals surface area contributed by atoms with Gasteiger partial charge < -0.3 is 9.47 Å². The number of hydrogen-bond donors (Lipinski definition) is 0. The fourth-order valence-electron chi connectivity index (χ4n) is 3.07. The number of methoxy groups -OCH3 is 1. The summed E-state index contributed by atoms with van der Waals surface area (Å²) in [7, 11) is -1.66. The van der Waals surface area contributed by atoms with E-state index in [1.54, 1.807) is 4.31 Å². The van der Waals surface area contributed by atoms with Gasteiger partial charge in [-0.2, -0.15) is 4.31 Å². The van der Waals surface area contributed by atoms with E-state index in [1.807, 2.05) is 6.92 Å². The van der Waals surface area contributed by atoms with Crippen LogP contribution in [-0.4, -0.2) is 82.0 Å². The fourth-order valence-corrected chi connectivity index (χ4v) is 4.66. The van der Waals surface area contributed by atoms with Crippen LogP contribution in [0.3, 0.4) is 0 Å². The van der Waals surface area contributed by atoms with Gasteiger partial charge >= 0.3 is 0 Å². The lowest BCUT2D eigenvalue weighted by atomic mass is 10.1. The standard InChI is InChI=1S/C13H26N2O4S/c1-12-11-14(13-3-7-19-8-4-13)5-6-15(12)20(16,17)10-9-18-2/h12-13H,3-11H2,1-2H3/t12-/m1/s1. The van der Waals surface area contributed by atoms with Gasteiger partial charge in [0.05, 0.1) is 12.4 Å². The molecule has 2 aliphatic rings. The maximum Gasteiger partial charge on any atom is 0.216 e. The summed E-state index contributed by atoms with van der Waals surface area (Å²) in [4.78, 5) is 2.43. The average Bonchev–Trinajstić information content (AvgIpc) is 2.46. The number of rotatable bonds is 5. The molecule has 0 bridgehead atoms. The Morgan fingerprint density at radius 1 is 1.25 bits per heavy atom. The summed E-state index contributed by atoms with van der Waals surface area (Å²) < 4.78 is 36.4. The lowest BCUT2D eigenvalue weighted by Crippen LogP contribution is -2.57. The van der Waals surface area contributed by atoms with E-state index in [2.05, 4.69) is 4.90 Å². The van der Waals surface area contributed by atoms with E-state index in [4.69, 9.17) is 9.47 Å². The van der Waals surface area contributed by atoms with Gasteiger partial charge in [0.2, 0.25) is 10.0 Å². The molecule has 1 atom stereocenters. The highest BCUT2D eigenvalue weighted by Crippen LogP contribution is 2.21. The predicted octanol–water partition coefficient (Wildman–Crippen LogP) is 0.148. The molecule has 0 amide bonds. The lowest BCUT2D eigenvalue weighted by Gasteiger charge is -2.43. The monoisotopic (exact) mass is 306 g/mol. The second-order valence-corrected chi connectivity index (χ2v) is 7.65. The molecule has 0 aromatic rings. The number of hydrogen-bond acceptors (Lipinski definition) is 5. The highest BCUT2D eigenvalue weighted by atomic mass is 32.2. The van der Waals surface area contributed by atoms with Gasteiger partial charge in [-0.05, 0) is 19.8 Å². The van der Waals surface area contributed by atoms with Crippen LogP contribution in [0.1, 0.15) is 19.8 Å². The van der Waals surface area contributed by atoms with Crippen LogP contribution < -0.4 is 0 Å². The molecule has 20 heavy (non-hydrogen) atoms. The molecule has 0 aromatic heterocycles. The van der Waals surface area contributed by atoms with E-state index in [1.165, 1.54) is 7.11 Å². The van der Waals surface area contributed by atoms with E-state index < -0.39 is 10.0 Å². The van der Waals surface area contributed by atoms with Crippen LogP contribution in [0.15, 0.2) is 0 Å². The minimum absolute atomic E-state index is 0.0356. The summed E-state index contributed by atoms with van der Waals surface area (Å²) in [5.74, 6) is 0.0745. The van der Waals surface area contributed by atoms with Crippen molar-refractivity contribution >= 4 is 10.0 Å². The van der Waals surface area contributed by atoms with Crippen LogP contribution >= 0.6 is 0 Å². The van der Waals surface area contributed by atoms with Crippen LogP contribution in [0, 0.1) is 0 Å². The smallest absolute Gasteiger partial charge is 0.216 e. The van der Waals surface area contributed by atoms with Crippen molar-refractivity contribution in [2.75, 3.05) is 52.3 Å². The quantitative estimate of drug-likeness (QED) is 0.723. The molecule has 0 aromatic carbocycles. The summed E-state index contributed by atoms with van der Waals surface area (Å²) >= 11 is 0. The average molecular weight is 306 g/mol. The molecule has 0 N–H and O–H groups in total. The lowest BCUT2D eigenvalue weighted by molar-refractivity contribution is 0.0136. The Bertz CT molecular complexity index is 395. The molecule has 2 rings (SSSR count).